The number of aliphatic hydroxyl groups excluding tert-OH is 1. The minimum absolute atomic E-state index is 0.103. The van der Waals surface area contributed by atoms with Crippen molar-refractivity contribution in [2.24, 2.45) is 0 Å². The van der Waals surface area contributed by atoms with Crippen LogP contribution in [0.2, 0.25) is 0 Å². The number of carbonyl (C=O) groups excluding carboxylic acids is 1. The molecule has 12 heteroatoms. The number of ether oxygens (including phenoxy) is 2. The van der Waals surface area contributed by atoms with E-state index in [1.54, 1.807) is 35.9 Å². The number of likely N-dealkylation sites (N-methyl/N-ethyl adjacent to an activating group) is 1. The van der Waals surface area contributed by atoms with Gasteiger partial charge in [-0.3, -0.25) is 4.98 Å². The molecule has 2 unspecified atom stereocenters. The van der Waals surface area contributed by atoms with Gasteiger partial charge in [0, 0.05) is 38.6 Å². The number of pyridine rings is 1. The van der Waals surface area contributed by atoms with Crippen LogP contribution in [0.25, 0.3) is 0 Å². The van der Waals surface area contributed by atoms with Gasteiger partial charge in [-0.1, -0.05) is 0 Å². The Morgan fingerprint density at radius 3 is 2.77 bits per heavy atom. The molecule has 3 heterocycles. The van der Waals surface area contributed by atoms with Crippen molar-refractivity contribution < 1.29 is 36.8 Å². The van der Waals surface area contributed by atoms with Crippen LogP contribution in [-0.2, 0) is 20.5 Å². The first-order valence-electron chi connectivity index (χ1n) is 9.47. The van der Waals surface area contributed by atoms with E-state index in [1.165, 1.54) is 4.90 Å². The molecular weight excluding hydrogens is 427 g/mol. The maximum atomic E-state index is 12.7. The second-order valence-electron chi connectivity index (χ2n) is 7.42. The Hall–Kier alpha value is -1.76. The highest BCUT2D eigenvalue weighted by molar-refractivity contribution is 7.82. The highest BCUT2D eigenvalue weighted by atomic mass is 32.2. The van der Waals surface area contributed by atoms with Gasteiger partial charge in [0.05, 0.1) is 23.7 Å². The number of amides is 1. The Kier molecular flexibility index (Phi) is 7.00. The van der Waals surface area contributed by atoms with Crippen molar-refractivity contribution in [1.82, 2.24) is 14.2 Å². The van der Waals surface area contributed by atoms with Crippen LogP contribution in [0.15, 0.2) is 29.4 Å². The molecular formula is C18H24F3N3O5S. The van der Waals surface area contributed by atoms with Crippen LogP contribution < -0.4 is 0 Å². The van der Waals surface area contributed by atoms with Gasteiger partial charge in [-0.25, -0.2) is 13.3 Å². The lowest BCUT2D eigenvalue weighted by molar-refractivity contribution is -0.215. The van der Waals surface area contributed by atoms with Crippen LogP contribution >= 0.6 is 0 Å². The summed E-state index contributed by atoms with van der Waals surface area (Å²) in [4.78, 5) is 17.8. The highest BCUT2D eigenvalue weighted by Gasteiger charge is 2.47. The van der Waals surface area contributed by atoms with Gasteiger partial charge in [0.15, 0.2) is 0 Å². The summed E-state index contributed by atoms with van der Waals surface area (Å²) < 4.78 is 62.9. The van der Waals surface area contributed by atoms with Crippen LogP contribution in [0.5, 0.6) is 0 Å². The number of hydrogen-bond donors (Lipinski definition) is 1. The first kappa shape index (κ1) is 22.9. The molecule has 0 aromatic carbocycles. The van der Waals surface area contributed by atoms with Gasteiger partial charge in [-0.2, -0.15) is 13.2 Å². The SMILES string of the molecule is CN(C1COC2(CCN(C(=O)O[C@H](CO)C(F)(F)F)CC2)C1)S(=O)c1cccnc1. The van der Waals surface area contributed by atoms with E-state index in [4.69, 9.17) is 9.84 Å². The number of piperidine rings is 1. The second kappa shape index (κ2) is 9.16. The van der Waals surface area contributed by atoms with Gasteiger partial charge in [0.2, 0.25) is 6.10 Å². The zero-order valence-corrected chi connectivity index (χ0v) is 17.2. The van der Waals surface area contributed by atoms with Gasteiger partial charge < -0.3 is 19.5 Å². The minimum atomic E-state index is -4.82. The van der Waals surface area contributed by atoms with Crippen molar-refractivity contribution in [3.05, 3.63) is 24.5 Å². The Balaban J connectivity index is 1.53. The summed E-state index contributed by atoms with van der Waals surface area (Å²) in [5.74, 6) is 0. The number of likely N-dealkylation sites (tertiary alicyclic amines) is 1. The van der Waals surface area contributed by atoms with Crippen molar-refractivity contribution in [3.63, 3.8) is 0 Å². The molecule has 30 heavy (non-hydrogen) atoms. The summed E-state index contributed by atoms with van der Waals surface area (Å²) in [5.41, 5.74) is -0.519. The van der Waals surface area contributed by atoms with Gasteiger partial charge >= 0.3 is 12.3 Å². The van der Waals surface area contributed by atoms with Crippen molar-refractivity contribution in [2.75, 3.05) is 33.4 Å². The quantitative estimate of drug-likeness (QED) is 0.733. The third kappa shape index (κ3) is 5.10. The summed E-state index contributed by atoms with van der Waals surface area (Å²) in [7, 11) is 0.351. The molecule has 1 aromatic heterocycles. The first-order valence-corrected chi connectivity index (χ1v) is 10.6. The normalized spacial score (nSPS) is 23.5. The fraction of sp³-hybridized carbons (Fsp3) is 0.667. The smallest absolute Gasteiger partial charge is 0.427 e. The van der Waals surface area contributed by atoms with Gasteiger partial charge in [-0.15, -0.1) is 0 Å². The van der Waals surface area contributed by atoms with E-state index < -0.39 is 41.6 Å². The van der Waals surface area contributed by atoms with Crippen molar-refractivity contribution in [1.29, 1.82) is 0 Å². The maximum Gasteiger partial charge on any atom is 0.427 e. The lowest BCUT2D eigenvalue weighted by Gasteiger charge is -2.38. The second-order valence-corrected chi connectivity index (χ2v) is 8.97. The van der Waals surface area contributed by atoms with E-state index >= 15 is 0 Å². The zero-order chi connectivity index (χ0) is 21.9. The number of rotatable bonds is 5. The van der Waals surface area contributed by atoms with Crippen molar-refractivity contribution in [3.8, 4) is 0 Å². The predicted molar refractivity (Wildman–Crippen MR) is 99.7 cm³/mol. The largest absolute Gasteiger partial charge is 0.434 e. The van der Waals surface area contributed by atoms with Crippen LogP contribution in [0.1, 0.15) is 19.3 Å². The fourth-order valence-electron chi connectivity index (χ4n) is 3.65. The average Bonchev–Trinajstić information content (AvgIpc) is 3.14. The highest BCUT2D eigenvalue weighted by Crippen LogP contribution is 2.38. The topological polar surface area (TPSA) is 92.2 Å². The van der Waals surface area contributed by atoms with Gasteiger partial charge in [-0.05, 0) is 31.4 Å². The monoisotopic (exact) mass is 451 g/mol. The molecule has 3 rings (SSSR count). The summed E-state index contributed by atoms with van der Waals surface area (Å²) in [6, 6.07) is 3.34. The standard InChI is InChI=1S/C18H24F3N3O5S/c1-23(30(27)14-3-2-6-22-10-14)13-9-17(28-12-13)4-7-24(8-5-17)16(26)29-15(11-25)18(19,20)21/h2-3,6,10,13,15,25H,4-5,7-9,11-12H2,1H3/t13?,15-,30?/m1/s1. The molecule has 1 spiro atoms. The van der Waals surface area contributed by atoms with Crippen molar-refractivity contribution >= 4 is 17.1 Å². The van der Waals surface area contributed by atoms with E-state index in [-0.39, 0.29) is 19.1 Å². The van der Waals surface area contributed by atoms with E-state index in [2.05, 4.69) is 9.72 Å². The number of alkyl halides is 3. The molecule has 8 nitrogen and oxygen atoms in total. The zero-order valence-electron chi connectivity index (χ0n) is 16.4. The van der Waals surface area contributed by atoms with Crippen LogP contribution in [0.4, 0.5) is 18.0 Å². The average molecular weight is 451 g/mol. The van der Waals surface area contributed by atoms with Gasteiger partial charge in [0.1, 0.15) is 11.0 Å². The lowest BCUT2D eigenvalue weighted by atomic mass is 9.87. The number of aliphatic hydroxyl groups is 1. The fourth-order valence-corrected chi connectivity index (χ4v) is 4.74. The molecule has 2 aliphatic heterocycles. The molecule has 0 saturated carbocycles. The summed E-state index contributed by atoms with van der Waals surface area (Å²) in [6.07, 6.45) is -3.86. The molecule has 3 atom stereocenters. The Morgan fingerprint density at radius 2 is 2.20 bits per heavy atom. The summed E-state index contributed by atoms with van der Waals surface area (Å²) in [6.45, 7) is -0.597. The van der Waals surface area contributed by atoms with Crippen LogP contribution in [0, 0.1) is 0 Å². The molecule has 1 aromatic rings. The number of carbonyl (C=O) groups is 1. The Bertz CT molecular complexity index is 759. The summed E-state index contributed by atoms with van der Waals surface area (Å²) in [5, 5.41) is 8.82. The van der Waals surface area contributed by atoms with E-state index in [0.29, 0.717) is 30.8 Å². The van der Waals surface area contributed by atoms with E-state index in [9.17, 15) is 22.2 Å². The third-order valence-corrected chi connectivity index (χ3v) is 6.97. The van der Waals surface area contributed by atoms with Crippen LogP contribution in [-0.4, -0.2) is 86.9 Å². The number of hydrogen-bond acceptors (Lipinski definition) is 6. The maximum absolute atomic E-state index is 12.7. The first-order chi connectivity index (χ1) is 14.1. The van der Waals surface area contributed by atoms with E-state index in [1.807, 2.05) is 0 Å². The molecule has 0 bridgehead atoms. The van der Waals surface area contributed by atoms with Crippen LogP contribution in [0.3, 0.4) is 0 Å². The number of halogens is 3. The van der Waals surface area contributed by atoms with Crippen molar-refractivity contribution in [2.45, 2.75) is 48.1 Å². The third-order valence-electron chi connectivity index (χ3n) is 5.51. The molecule has 2 fully saturated rings. The molecule has 2 saturated heterocycles. The number of aromatic nitrogens is 1. The molecule has 168 valence electrons. The molecule has 1 N–H and O–H groups in total. The number of nitrogens with zero attached hydrogens (tertiary/aromatic N) is 3. The van der Waals surface area contributed by atoms with Gasteiger partial charge in [0.25, 0.3) is 0 Å². The molecule has 0 radical (unpaired) electrons. The predicted octanol–water partition coefficient (Wildman–Crippen LogP) is 1.72. The molecule has 1 amide bonds. The Labute approximate surface area is 174 Å². The molecule has 0 aliphatic carbocycles. The Morgan fingerprint density at radius 1 is 1.50 bits per heavy atom. The van der Waals surface area contributed by atoms with E-state index in [0.717, 1.165) is 0 Å². The molecule has 2 aliphatic rings. The summed E-state index contributed by atoms with van der Waals surface area (Å²) >= 11 is 0. The minimum Gasteiger partial charge on any atom is -0.434 e. The lowest BCUT2D eigenvalue weighted by Crippen LogP contribution is -2.49.